The zero-order valence-electron chi connectivity index (χ0n) is 15.2. The molecular formula is C18H20ClNO6S. The Labute approximate surface area is 161 Å². The van der Waals surface area contributed by atoms with Crippen LogP contribution in [0.1, 0.15) is 18.9 Å². The van der Waals surface area contributed by atoms with Crippen molar-refractivity contribution in [2.45, 2.75) is 25.8 Å². The van der Waals surface area contributed by atoms with Crippen LogP contribution in [0.5, 0.6) is 5.75 Å². The molecule has 3 rings (SSSR count). The van der Waals surface area contributed by atoms with Crippen LogP contribution in [0.15, 0.2) is 27.4 Å². The number of benzene rings is 1. The predicted molar refractivity (Wildman–Crippen MR) is 102 cm³/mol. The van der Waals surface area contributed by atoms with Crippen molar-refractivity contribution in [2.75, 3.05) is 25.2 Å². The van der Waals surface area contributed by atoms with E-state index in [0.29, 0.717) is 17.4 Å². The van der Waals surface area contributed by atoms with E-state index in [2.05, 4.69) is 0 Å². The Morgan fingerprint density at radius 2 is 2.07 bits per heavy atom. The number of amides is 1. The molecule has 0 bridgehead atoms. The van der Waals surface area contributed by atoms with Gasteiger partial charge in [0.2, 0.25) is 0 Å². The van der Waals surface area contributed by atoms with E-state index in [1.54, 1.807) is 27.0 Å². The van der Waals surface area contributed by atoms with Gasteiger partial charge in [0.1, 0.15) is 11.3 Å². The highest BCUT2D eigenvalue weighted by atomic mass is 35.5. The van der Waals surface area contributed by atoms with Crippen LogP contribution in [0.25, 0.3) is 11.0 Å². The van der Waals surface area contributed by atoms with Crippen molar-refractivity contribution in [1.82, 2.24) is 4.90 Å². The molecule has 2 heterocycles. The SMILES string of the molecule is Cc1cc(=O)oc2cc(OCC(=O)N(C)[C@@]3(C)CCS(=O)(=O)C3)c(Cl)cc12. The average Bonchev–Trinajstić information content (AvgIpc) is 2.87. The van der Waals surface area contributed by atoms with Crippen LogP contribution in [0.3, 0.4) is 0 Å². The van der Waals surface area contributed by atoms with Gasteiger partial charge in [-0.25, -0.2) is 13.2 Å². The first-order valence-corrected chi connectivity index (χ1v) is 10.5. The summed E-state index contributed by atoms with van der Waals surface area (Å²) < 4.78 is 34.2. The Kier molecular flexibility index (Phi) is 4.98. The van der Waals surface area contributed by atoms with Gasteiger partial charge in [-0.3, -0.25) is 4.79 Å². The van der Waals surface area contributed by atoms with E-state index in [0.717, 1.165) is 5.56 Å². The number of rotatable bonds is 4. The van der Waals surface area contributed by atoms with Gasteiger partial charge >= 0.3 is 5.63 Å². The second kappa shape index (κ2) is 6.83. The second-order valence-electron chi connectivity index (χ2n) is 7.11. The second-order valence-corrected chi connectivity index (χ2v) is 9.70. The summed E-state index contributed by atoms with van der Waals surface area (Å²) in [5.74, 6) is -0.152. The Hall–Kier alpha value is -2.06. The smallest absolute Gasteiger partial charge is 0.336 e. The molecule has 146 valence electrons. The molecule has 1 aliphatic rings. The lowest BCUT2D eigenvalue weighted by molar-refractivity contribution is -0.136. The van der Waals surface area contributed by atoms with Gasteiger partial charge in [-0.15, -0.1) is 0 Å². The minimum absolute atomic E-state index is 0.0661. The number of sulfone groups is 1. The maximum Gasteiger partial charge on any atom is 0.336 e. The molecule has 1 atom stereocenters. The molecule has 1 aromatic heterocycles. The standard InChI is InChI=1S/C18H20ClNO6S/c1-11-6-17(22)26-14-8-15(13(19)7-12(11)14)25-9-16(21)20(3)18(2)4-5-27(23,24)10-18/h6-8H,4-5,9-10H2,1-3H3/t18-/m0/s1. The first kappa shape index (κ1) is 19.7. The van der Waals surface area contributed by atoms with Crippen LogP contribution in [0.4, 0.5) is 0 Å². The molecule has 1 fully saturated rings. The molecule has 1 saturated heterocycles. The quantitative estimate of drug-likeness (QED) is 0.713. The first-order valence-electron chi connectivity index (χ1n) is 8.35. The van der Waals surface area contributed by atoms with E-state index in [-0.39, 0.29) is 34.8 Å². The third-order valence-corrected chi connectivity index (χ3v) is 7.20. The highest BCUT2D eigenvalue weighted by Gasteiger charge is 2.43. The van der Waals surface area contributed by atoms with Crippen LogP contribution >= 0.6 is 11.6 Å². The highest BCUT2D eigenvalue weighted by molar-refractivity contribution is 7.91. The van der Waals surface area contributed by atoms with Gasteiger partial charge in [-0.1, -0.05) is 11.6 Å². The van der Waals surface area contributed by atoms with Crippen molar-refractivity contribution >= 4 is 38.3 Å². The van der Waals surface area contributed by atoms with Crippen LogP contribution < -0.4 is 10.4 Å². The minimum Gasteiger partial charge on any atom is -0.482 e. The van der Waals surface area contributed by atoms with Crippen LogP contribution in [-0.2, 0) is 14.6 Å². The zero-order chi connectivity index (χ0) is 20.0. The molecule has 1 aromatic carbocycles. The van der Waals surface area contributed by atoms with Gasteiger partial charge in [0.15, 0.2) is 16.4 Å². The number of fused-ring (bicyclic) bond motifs is 1. The lowest BCUT2D eigenvalue weighted by atomic mass is 10.00. The summed E-state index contributed by atoms with van der Waals surface area (Å²) in [6.45, 7) is 3.20. The van der Waals surface area contributed by atoms with Crippen molar-refractivity contribution < 1.29 is 22.4 Å². The van der Waals surface area contributed by atoms with Gasteiger partial charge in [-0.2, -0.15) is 0 Å². The fourth-order valence-electron chi connectivity index (χ4n) is 3.23. The van der Waals surface area contributed by atoms with Gasteiger partial charge in [-0.05, 0) is 31.9 Å². The number of nitrogens with zero attached hydrogens (tertiary/aromatic N) is 1. The summed E-state index contributed by atoms with van der Waals surface area (Å²) in [6, 6.07) is 4.46. The number of hydrogen-bond donors (Lipinski definition) is 0. The van der Waals surface area contributed by atoms with E-state index in [4.69, 9.17) is 20.8 Å². The van der Waals surface area contributed by atoms with Crippen LogP contribution in [-0.4, -0.2) is 49.9 Å². The summed E-state index contributed by atoms with van der Waals surface area (Å²) in [7, 11) is -1.57. The third-order valence-electron chi connectivity index (χ3n) is 5.02. The van der Waals surface area contributed by atoms with E-state index in [1.807, 2.05) is 0 Å². The minimum atomic E-state index is -3.14. The number of ether oxygens (including phenoxy) is 1. The molecule has 1 amide bonds. The van der Waals surface area contributed by atoms with Crippen molar-refractivity contribution in [3.8, 4) is 5.75 Å². The maximum atomic E-state index is 12.5. The monoisotopic (exact) mass is 413 g/mol. The largest absolute Gasteiger partial charge is 0.482 e. The fraction of sp³-hybridized carbons (Fsp3) is 0.444. The molecule has 0 spiro atoms. The van der Waals surface area contributed by atoms with Crippen molar-refractivity contribution in [3.05, 3.63) is 39.2 Å². The lowest BCUT2D eigenvalue weighted by Crippen LogP contribution is -2.49. The molecule has 1 aliphatic heterocycles. The van der Waals surface area contributed by atoms with E-state index < -0.39 is 21.0 Å². The predicted octanol–water partition coefficient (Wildman–Crippen LogP) is 2.17. The third kappa shape index (κ3) is 3.96. The van der Waals surface area contributed by atoms with E-state index in [9.17, 15) is 18.0 Å². The Bertz CT molecular complexity index is 1080. The molecule has 27 heavy (non-hydrogen) atoms. The Morgan fingerprint density at radius 1 is 1.37 bits per heavy atom. The van der Waals surface area contributed by atoms with E-state index in [1.165, 1.54) is 17.0 Å². The fourth-order valence-corrected chi connectivity index (χ4v) is 5.62. The molecule has 0 unspecified atom stereocenters. The van der Waals surface area contributed by atoms with Gasteiger partial charge in [0.05, 0.1) is 22.1 Å². The zero-order valence-corrected chi connectivity index (χ0v) is 16.8. The number of halogens is 1. The highest BCUT2D eigenvalue weighted by Crippen LogP contribution is 2.32. The maximum absolute atomic E-state index is 12.5. The van der Waals surface area contributed by atoms with Gasteiger partial charge < -0.3 is 14.1 Å². The Balaban J connectivity index is 1.77. The summed E-state index contributed by atoms with van der Waals surface area (Å²) in [6.07, 6.45) is 0.388. The molecule has 0 N–H and O–H groups in total. The molecule has 0 aliphatic carbocycles. The van der Waals surface area contributed by atoms with Gasteiger partial charge in [0, 0.05) is 24.6 Å². The number of aryl methyl sites for hydroxylation is 1. The van der Waals surface area contributed by atoms with Crippen molar-refractivity contribution in [3.63, 3.8) is 0 Å². The normalized spacial score (nSPS) is 21.3. The average molecular weight is 414 g/mol. The number of hydrogen-bond acceptors (Lipinski definition) is 6. The number of carbonyl (C=O) groups is 1. The van der Waals surface area contributed by atoms with Crippen molar-refractivity contribution in [2.24, 2.45) is 0 Å². The molecule has 7 nitrogen and oxygen atoms in total. The first-order chi connectivity index (χ1) is 12.5. The van der Waals surface area contributed by atoms with Crippen LogP contribution in [0, 0.1) is 6.92 Å². The summed E-state index contributed by atoms with van der Waals surface area (Å²) in [4.78, 5) is 25.4. The number of likely N-dealkylation sites (N-methyl/N-ethyl adjacent to an activating group) is 1. The molecule has 9 heteroatoms. The van der Waals surface area contributed by atoms with Crippen molar-refractivity contribution in [1.29, 1.82) is 0 Å². The summed E-state index contributed by atoms with van der Waals surface area (Å²) >= 11 is 6.22. The number of carbonyl (C=O) groups excluding carboxylic acids is 1. The summed E-state index contributed by atoms with van der Waals surface area (Å²) in [5.41, 5.74) is -0.203. The molecular weight excluding hydrogens is 394 g/mol. The van der Waals surface area contributed by atoms with Gasteiger partial charge in [0.25, 0.3) is 5.91 Å². The Morgan fingerprint density at radius 3 is 2.70 bits per heavy atom. The molecule has 2 aromatic rings. The topological polar surface area (TPSA) is 93.9 Å². The molecule has 0 saturated carbocycles. The van der Waals surface area contributed by atoms with Crippen LogP contribution in [0.2, 0.25) is 5.02 Å². The lowest BCUT2D eigenvalue weighted by Gasteiger charge is -2.34. The summed E-state index contributed by atoms with van der Waals surface area (Å²) in [5, 5.41) is 0.962. The molecule has 0 radical (unpaired) electrons. The van der Waals surface area contributed by atoms with E-state index >= 15 is 0 Å².